The molecule has 156 valence electrons. The van der Waals surface area contributed by atoms with Gasteiger partial charge in [-0.05, 0) is 31.0 Å². The number of thiophene rings is 1. The highest BCUT2D eigenvalue weighted by Gasteiger charge is 2.18. The molecule has 1 unspecified atom stereocenters. The zero-order valence-electron chi connectivity index (χ0n) is 15.3. The molecule has 3 aromatic rings. The van der Waals surface area contributed by atoms with Crippen LogP contribution in [0.5, 0.6) is 0 Å². The van der Waals surface area contributed by atoms with Gasteiger partial charge in [0.2, 0.25) is 0 Å². The van der Waals surface area contributed by atoms with Crippen LogP contribution in [0.1, 0.15) is 16.2 Å². The highest BCUT2D eigenvalue weighted by atomic mass is 35.5. The van der Waals surface area contributed by atoms with Crippen LogP contribution >= 0.6 is 47.8 Å². The zero-order valence-corrected chi connectivity index (χ0v) is 19.3. The predicted molar refractivity (Wildman–Crippen MR) is 121 cm³/mol. The first-order valence-corrected chi connectivity index (χ1v) is 11.3. The number of hydrogen-bond acceptors (Lipinski definition) is 7. The van der Waals surface area contributed by atoms with E-state index in [1.165, 1.54) is 6.26 Å². The number of nitrogens with zero attached hydrogens (tertiary/aromatic N) is 1. The van der Waals surface area contributed by atoms with Gasteiger partial charge in [-0.3, -0.25) is 0 Å². The van der Waals surface area contributed by atoms with E-state index in [9.17, 15) is 8.42 Å². The maximum absolute atomic E-state index is 11.5. The third kappa shape index (κ3) is 6.23. The van der Waals surface area contributed by atoms with Crippen molar-refractivity contribution >= 4 is 73.5 Å². The van der Waals surface area contributed by atoms with Gasteiger partial charge in [0.05, 0.1) is 34.5 Å². The molecule has 3 N–H and O–H groups in total. The molecule has 0 aliphatic rings. The molecule has 0 amide bonds. The molecule has 6 nitrogen and oxygen atoms in total. The molecule has 1 atom stereocenters. The van der Waals surface area contributed by atoms with Gasteiger partial charge in [-0.2, -0.15) is 0 Å². The molecule has 0 bridgehead atoms. The average molecular weight is 487 g/mol. The summed E-state index contributed by atoms with van der Waals surface area (Å²) >= 11 is 7.75. The first-order valence-electron chi connectivity index (χ1n) is 8.01. The highest BCUT2D eigenvalue weighted by molar-refractivity contribution is 7.90. The molecule has 0 aromatic carbocycles. The molecular formula is C17H22Cl3N3O3S2. The summed E-state index contributed by atoms with van der Waals surface area (Å²) in [4.78, 5) is 5.46. The number of rotatable bonds is 7. The monoisotopic (exact) mass is 485 g/mol. The van der Waals surface area contributed by atoms with E-state index in [4.69, 9.17) is 21.8 Å². The van der Waals surface area contributed by atoms with Crippen molar-refractivity contribution in [3.63, 3.8) is 0 Å². The van der Waals surface area contributed by atoms with E-state index >= 15 is 0 Å². The molecule has 0 fully saturated rings. The fraction of sp³-hybridized carbons (Fsp3) is 0.353. The van der Waals surface area contributed by atoms with Gasteiger partial charge in [0.1, 0.15) is 20.8 Å². The largest absolute Gasteiger partial charge is 0.467 e. The smallest absolute Gasteiger partial charge is 0.148 e. The molecule has 3 heterocycles. The van der Waals surface area contributed by atoms with E-state index in [2.05, 4.69) is 10.3 Å². The zero-order chi connectivity index (χ0) is 18.9. The Morgan fingerprint density at radius 3 is 2.71 bits per heavy atom. The number of aromatic nitrogens is 1. The molecule has 11 heteroatoms. The summed E-state index contributed by atoms with van der Waals surface area (Å²) in [5, 5.41) is 3.72. The fourth-order valence-electron chi connectivity index (χ4n) is 2.80. The number of furan rings is 1. The van der Waals surface area contributed by atoms with E-state index in [1.54, 1.807) is 23.7 Å². The van der Waals surface area contributed by atoms with Crippen LogP contribution in [-0.4, -0.2) is 31.5 Å². The molecule has 0 aliphatic heterocycles. The standard InChI is InChI=1S/C17H20ClN3O3S2.2ClH/c1-10-14(6-11(19)9-26(2,22)23)25-17-13(7-15(18)21-16(10)17)20-8-12-4-3-5-24-12;;/h3-5,7,11H,6,8-9,19H2,1-2H3,(H,20,21);2*1H. The third-order valence-corrected chi connectivity index (χ3v) is 6.50. The van der Waals surface area contributed by atoms with Gasteiger partial charge in [0, 0.05) is 23.2 Å². The summed E-state index contributed by atoms with van der Waals surface area (Å²) in [6.45, 7) is 2.49. The lowest BCUT2D eigenvalue weighted by molar-refractivity contribution is 0.518. The van der Waals surface area contributed by atoms with Crippen LogP contribution in [0.25, 0.3) is 10.2 Å². The van der Waals surface area contributed by atoms with Crippen molar-refractivity contribution < 1.29 is 12.8 Å². The quantitative estimate of drug-likeness (QED) is 0.485. The fourth-order valence-corrected chi connectivity index (χ4v) is 5.22. The number of nitrogens with two attached hydrogens (primary N) is 1. The van der Waals surface area contributed by atoms with Gasteiger partial charge in [0.15, 0.2) is 0 Å². The van der Waals surface area contributed by atoms with E-state index in [1.807, 2.05) is 19.1 Å². The van der Waals surface area contributed by atoms with Crippen molar-refractivity contribution in [2.24, 2.45) is 5.73 Å². The second-order valence-electron chi connectivity index (χ2n) is 6.31. The molecule has 0 saturated carbocycles. The second kappa shape index (κ2) is 10.1. The Morgan fingerprint density at radius 2 is 2.11 bits per heavy atom. The average Bonchev–Trinajstić information content (AvgIpc) is 3.13. The highest BCUT2D eigenvalue weighted by Crippen LogP contribution is 2.37. The number of aryl methyl sites for hydroxylation is 1. The number of fused-ring (bicyclic) bond motifs is 1. The van der Waals surface area contributed by atoms with Crippen molar-refractivity contribution in [3.8, 4) is 0 Å². The van der Waals surface area contributed by atoms with Crippen molar-refractivity contribution in [1.82, 2.24) is 4.98 Å². The van der Waals surface area contributed by atoms with Gasteiger partial charge in [-0.1, -0.05) is 11.6 Å². The molecule has 3 aromatic heterocycles. The van der Waals surface area contributed by atoms with E-state index < -0.39 is 15.9 Å². The predicted octanol–water partition coefficient (Wildman–Crippen LogP) is 4.22. The van der Waals surface area contributed by atoms with Gasteiger partial charge < -0.3 is 15.5 Å². The number of halogens is 3. The van der Waals surface area contributed by atoms with Crippen LogP contribution in [0.2, 0.25) is 5.15 Å². The minimum atomic E-state index is -3.11. The summed E-state index contributed by atoms with van der Waals surface area (Å²) in [5.74, 6) is 0.771. The Morgan fingerprint density at radius 1 is 1.39 bits per heavy atom. The van der Waals surface area contributed by atoms with Crippen molar-refractivity contribution in [3.05, 3.63) is 45.8 Å². The van der Waals surface area contributed by atoms with Crippen LogP contribution in [-0.2, 0) is 22.8 Å². The Bertz CT molecular complexity index is 1020. The van der Waals surface area contributed by atoms with E-state index in [-0.39, 0.29) is 30.6 Å². The second-order valence-corrected chi connectivity index (χ2v) is 9.99. The van der Waals surface area contributed by atoms with Crippen molar-refractivity contribution in [1.29, 1.82) is 0 Å². The van der Waals surface area contributed by atoms with Crippen LogP contribution in [0.4, 0.5) is 5.69 Å². The lowest BCUT2D eigenvalue weighted by Crippen LogP contribution is -2.31. The summed E-state index contributed by atoms with van der Waals surface area (Å²) in [5.41, 5.74) is 8.69. The first kappa shape index (κ1) is 25.0. The molecule has 28 heavy (non-hydrogen) atoms. The molecule has 3 rings (SSSR count). The molecular weight excluding hydrogens is 465 g/mol. The first-order chi connectivity index (χ1) is 12.2. The maximum Gasteiger partial charge on any atom is 0.148 e. The summed E-state index contributed by atoms with van der Waals surface area (Å²) in [7, 11) is -3.11. The Balaban J connectivity index is 0.00000196. The molecule has 0 spiro atoms. The number of sulfone groups is 1. The van der Waals surface area contributed by atoms with Crippen LogP contribution < -0.4 is 11.1 Å². The molecule has 0 radical (unpaired) electrons. The maximum atomic E-state index is 11.5. The Hall–Kier alpha value is -1.03. The van der Waals surface area contributed by atoms with Gasteiger partial charge in [-0.25, -0.2) is 13.4 Å². The van der Waals surface area contributed by atoms with Gasteiger partial charge in [0.25, 0.3) is 0 Å². The van der Waals surface area contributed by atoms with Crippen LogP contribution in [0, 0.1) is 6.92 Å². The molecule has 0 aliphatic carbocycles. The van der Waals surface area contributed by atoms with E-state index in [0.717, 1.165) is 32.1 Å². The van der Waals surface area contributed by atoms with E-state index in [0.29, 0.717) is 18.1 Å². The number of anilines is 1. The number of nitrogens with one attached hydrogen (secondary N) is 1. The summed E-state index contributed by atoms with van der Waals surface area (Å²) in [6, 6.07) is 5.06. The molecule has 0 saturated heterocycles. The van der Waals surface area contributed by atoms with Gasteiger partial charge >= 0.3 is 0 Å². The SMILES string of the molecule is Cc1c(CC(N)CS(C)(=O)=O)sc2c(NCc3ccco3)cc(Cl)nc12.Cl.Cl. The van der Waals surface area contributed by atoms with Crippen molar-refractivity contribution in [2.75, 3.05) is 17.3 Å². The number of pyridine rings is 1. The lowest BCUT2D eigenvalue weighted by atomic mass is 10.1. The van der Waals surface area contributed by atoms with Crippen LogP contribution in [0.3, 0.4) is 0 Å². The minimum Gasteiger partial charge on any atom is -0.467 e. The topological polar surface area (TPSA) is 98.2 Å². The van der Waals surface area contributed by atoms with Gasteiger partial charge in [-0.15, -0.1) is 36.2 Å². The normalized spacial score (nSPS) is 12.3. The number of hydrogen-bond donors (Lipinski definition) is 2. The summed E-state index contributed by atoms with van der Waals surface area (Å²) < 4.78 is 29.2. The van der Waals surface area contributed by atoms with Crippen LogP contribution in [0.15, 0.2) is 28.9 Å². The third-order valence-electron chi connectivity index (χ3n) is 3.94. The lowest BCUT2D eigenvalue weighted by Gasteiger charge is -2.09. The van der Waals surface area contributed by atoms with Crippen molar-refractivity contribution in [2.45, 2.75) is 25.9 Å². The minimum absolute atomic E-state index is 0. The summed E-state index contributed by atoms with van der Waals surface area (Å²) in [6.07, 6.45) is 3.31. The Kier molecular flexibility index (Phi) is 9.05. The Labute approximate surface area is 185 Å².